The summed E-state index contributed by atoms with van der Waals surface area (Å²) >= 11 is 0. The fourth-order valence-corrected chi connectivity index (χ4v) is 5.50. The SMILES string of the molecule is Cc1ccc(S(=O)(=O)[C@@H]2CCC[C@H]2C)c(O[C@H](C)CCCCO)n1. The van der Waals surface area contributed by atoms with Gasteiger partial charge in [-0.25, -0.2) is 13.4 Å². The van der Waals surface area contributed by atoms with Crippen molar-refractivity contribution >= 4 is 9.84 Å². The van der Waals surface area contributed by atoms with Crippen molar-refractivity contribution in [3.05, 3.63) is 17.8 Å². The molecule has 1 N–H and O–H groups in total. The van der Waals surface area contributed by atoms with Crippen molar-refractivity contribution in [2.75, 3.05) is 6.61 Å². The number of hydrogen-bond donors (Lipinski definition) is 1. The molecule has 0 radical (unpaired) electrons. The first-order valence-corrected chi connectivity index (χ1v) is 10.4. The molecule has 3 atom stereocenters. The Morgan fingerprint density at radius 3 is 2.71 bits per heavy atom. The number of hydrogen-bond acceptors (Lipinski definition) is 5. The van der Waals surface area contributed by atoms with Crippen molar-refractivity contribution in [3.8, 4) is 5.88 Å². The minimum atomic E-state index is -3.43. The first-order valence-electron chi connectivity index (χ1n) is 8.85. The standard InChI is InChI=1S/C18H29NO4S/c1-13-7-6-9-16(13)24(21,22)17-11-10-14(2)19-18(17)23-15(3)8-4-5-12-20/h10-11,13,15-16,20H,4-9,12H2,1-3H3/t13-,15-,16-/m1/s1. The van der Waals surface area contributed by atoms with Gasteiger partial charge in [-0.2, -0.15) is 0 Å². The second-order valence-electron chi connectivity index (χ2n) is 6.90. The maximum atomic E-state index is 13.1. The number of unbranched alkanes of at least 4 members (excludes halogenated alkanes) is 1. The summed E-state index contributed by atoms with van der Waals surface area (Å²) in [4.78, 5) is 4.58. The smallest absolute Gasteiger partial charge is 0.233 e. The molecule has 1 heterocycles. The molecule has 1 aliphatic rings. The van der Waals surface area contributed by atoms with Crippen molar-refractivity contribution < 1.29 is 18.3 Å². The lowest BCUT2D eigenvalue weighted by Gasteiger charge is -2.20. The fraction of sp³-hybridized carbons (Fsp3) is 0.722. The molecule has 1 aromatic heterocycles. The molecular weight excluding hydrogens is 326 g/mol. The predicted molar refractivity (Wildman–Crippen MR) is 94.0 cm³/mol. The third-order valence-electron chi connectivity index (χ3n) is 4.78. The average Bonchev–Trinajstić information content (AvgIpc) is 2.94. The Labute approximate surface area is 145 Å². The summed E-state index contributed by atoms with van der Waals surface area (Å²) in [6.07, 6.45) is 4.80. The average molecular weight is 356 g/mol. The zero-order chi connectivity index (χ0) is 17.7. The van der Waals surface area contributed by atoms with E-state index in [0.717, 1.165) is 37.8 Å². The molecule has 24 heavy (non-hydrogen) atoms. The molecule has 1 aliphatic carbocycles. The van der Waals surface area contributed by atoms with E-state index >= 15 is 0 Å². The van der Waals surface area contributed by atoms with E-state index in [9.17, 15) is 8.42 Å². The molecule has 0 aromatic carbocycles. The molecule has 1 saturated carbocycles. The lowest BCUT2D eigenvalue weighted by atomic mass is 10.1. The van der Waals surface area contributed by atoms with E-state index in [2.05, 4.69) is 4.98 Å². The number of aryl methyl sites for hydroxylation is 1. The summed E-state index contributed by atoms with van der Waals surface area (Å²) in [6.45, 7) is 5.91. The molecule has 0 unspecified atom stereocenters. The van der Waals surface area contributed by atoms with E-state index in [1.165, 1.54) is 0 Å². The first-order chi connectivity index (χ1) is 11.4. The monoisotopic (exact) mass is 355 g/mol. The molecule has 0 bridgehead atoms. The van der Waals surface area contributed by atoms with Gasteiger partial charge in [0.05, 0.1) is 11.4 Å². The third-order valence-corrected chi connectivity index (χ3v) is 7.21. The van der Waals surface area contributed by atoms with Gasteiger partial charge in [-0.3, -0.25) is 0 Å². The molecule has 136 valence electrons. The Morgan fingerprint density at radius 1 is 1.33 bits per heavy atom. The van der Waals surface area contributed by atoms with Gasteiger partial charge in [-0.15, -0.1) is 0 Å². The maximum absolute atomic E-state index is 13.1. The van der Waals surface area contributed by atoms with E-state index in [4.69, 9.17) is 9.84 Å². The number of aromatic nitrogens is 1. The van der Waals surface area contributed by atoms with Crippen LogP contribution in [0.25, 0.3) is 0 Å². The lowest BCUT2D eigenvalue weighted by molar-refractivity contribution is 0.186. The minimum Gasteiger partial charge on any atom is -0.474 e. The van der Waals surface area contributed by atoms with Crippen LogP contribution in [0.15, 0.2) is 17.0 Å². The summed E-state index contributed by atoms with van der Waals surface area (Å²) < 4.78 is 32.0. The van der Waals surface area contributed by atoms with Gasteiger partial charge in [0.2, 0.25) is 5.88 Å². The van der Waals surface area contributed by atoms with Crippen LogP contribution in [-0.4, -0.2) is 36.5 Å². The van der Waals surface area contributed by atoms with E-state index in [0.29, 0.717) is 6.42 Å². The van der Waals surface area contributed by atoms with Crippen LogP contribution in [0.1, 0.15) is 58.1 Å². The maximum Gasteiger partial charge on any atom is 0.233 e. The van der Waals surface area contributed by atoms with Crippen LogP contribution in [0, 0.1) is 12.8 Å². The number of nitrogens with zero attached hydrogens (tertiary/aromatic N) is 1. The normalized spacial score (nSPS) is 22.5. The number of pyridine rings is 1. The van der Waals surface area contributed by atoms with Gasteiger partial charge in [-0.1, -0.05) is 13.3 Å². The van der Waals surface area contributed by atoms with Gasteiger partial charge in [0, 0.05) is 12.3 Å². The summed E-state index contributed by atoms with van der Waals surface area (Å²) in [7, 11) is -3.43. The van der Waals surface area contributed by atoms with E-state index < -0.39 is 9.84 Å². The Bertz CT molecular complexity index is 644. The number of aliphatic hydroxyl groups is 1. The zero-order valence-electron chi connectivity index (χ0n) is 14.9. The molecular formula is C18H29NO4S. The molecule has 1 fully saturated rings. The van der Waals surface area contributed by atoms with Crippen LogP contribution in [-0.2, 0) is 9.84 Å². The van der Waals surface area contributed by atoms with Crippen LogP contribution in [0.2, 0.25) is 0 Å². The number of rotatable bonds is 8. The largest absolute Gasteiger partial charge is 0.474 e. The lowest BCUT2D eigenvalue weighted by Crippen LogP contribution is -2.25. The fourth-order valence-electron chi connectivity index (χ4n) is 3.35. The first kappa shape index (κ1) is 19.2. The Balaban J connectivity index is 2.24. The van der Waals surface area contributed by atoms with Crippen molar-refractivity contribution in [3.63, 3.8) is 0 Å². The molecule has 0 amide bonds. The number of ether oxygens (including phenoxy) is 1. The van der Waals surface area contributed by atoms with Crippen LogP contribution in [0.5, 0.6) is 5.88 Å². The van der Waals surface area contributed by atoms with Gasteiger partial charge in [0.1, 0.15) is 4.90 Å². The van der Waals surface area contributed by atoms with Crippen LogP contribution >= 0.6 is 0 Å². The number of sulfone groups is 1. The van der Waals surface area contributed by atoms with Crippen molar-refractivity contribution in [1.29, 1.82) is 0 Å². The number of aliphatic hydroxyl groups excluding tert-OH is 1. The molecule has 1 aromatic rings. The van der Waals surface area contributed by atoms with Gasteiger partial charge < -0.3 is 9.84 Å². The zero-order valence-corrected chi connectivity index (χ0v) is 15.7. The highest BCUT2D eigenvalue weighted by atomic mass is 32.2. The Kier molecular flexibility index (Phi) is 6.63. The van der Waals surface area contributed by atoms with Gasteiger partial charge >= 0.3 is 0 Å². The molecule has 2 rings (SSSR count). The molecule has 5 nitrogen and oxygen atoms in total. The van der Waals surface area contributed by atoms with Crippen molar-refractivity contribution in [1.82, 2.24) is 4.98 Å². The van der Waals surface area contributed by atoms with Crippen LogP contribution < -0.4 is 4.74 Å². The van der Waals surface area contributed by atoms with E-state index in [-0.39, 0.29) is 34.7 Å². The van der Waals surface area contributed by atoms with Crippen LogP contribution in [0.4, 0.5) is 0 Å². The van der Waals surface area contributed by atoms with Crippen molar-refractivity contribution in [2.24, 2.45) is 5.92 Å². The highest BCUT2D eigenvalue weighted by molar-refractivity contribution is 7.92. The van der Waals surface area contributed by atoms with E-state index in [1.54, 1.807) is 12.1 Å². The molecule has 0 spiro atoms. The Hall–Kier alpha value is -1.14. The highest BCUT2D eigenvalue weighted by Crippen LogP contribution is 2.37. The predicted octanol–water partition coefficient (Wildman–Crippen LogP) is 3.28. The van der Waals surface area contributed by atoms with Gasteiger partial charge in [-0.05, 0) is 64.0 Å². The summed E-state index contributed by atoms with van der Waals surface area (Å²) in [5.41, 5.74) is 0.742. The molecule has 0 saturated heterocycles. The minimum absolute atomic E-state index is 0.138. The van der Waals surface area contributed by atoms with Gasteiger partial charge in [0.15, 0.2) is 9.84 Å². The van der Waals surface area contributed by atoms with E-state index in [1.807, 2.05) is 20.8 Å². The molecule has 6 heteroatoms. The summed E-state index contributed by atoms with van der Waals surface area (Å²) in [5.74, 6) is 0.400. The second kappa shape index (κ2) is 8.30. The summed E-state index contributed by atoms with van der Waals surface area (Å²) in [5, 5.41) is 8.53. The summed E-state index contributed by atoms with van der Waals surface area (Å²) in [6, 6.07) is 3.37. The highest BCUT2D eigenvalue weighted by Gasteiger charge is 2.38. The topological polar surface area (TPSA) is 76.5 Å². The van der Waals surface area contributed by atoms with Crippen molar-refractivity contribution in [2.45, 2.75) is 75.5 Å². The molecule has 0 aliphatic heterocycles. The quantitative estimate of drug-likeness (QED) is 0.724. The second-order valence-corrected chi connectivity index (χ2v) is 9.03. The van der Waals surface area contributed by atoms with Crippen LogP contribution in [0.3, 0.4) is 0 Å². The Morgan fingerprint density at radius 2 is 2.08 bits per heavy atom. The third kappa shape index (κ3) is 4.48. The van der Waals surface area contributed by atoms with Gasteiger partial charge in [0.25, 0.3) is 0 Å².